The summed E-state index contributed by atoms with van der Waals surface area (Å²) in [4.78, 5) is 2.32. The molecular weight excluding hydrogens is 246 g/mol. The van der Waals surface area contributed by atoms with E-state index >= 15 is 0 Å². The second-order valence-electron chi connectivity index (χ2n) is 4.96. The summed E-state index contributed by atoms with van der Waals surface area (Å²) in [5, 5.41) is 12.4. The van der Waals surface area contributed by atoms with E-state index in [1.165, 1.54) is 17.8 Å². The van der Waals surface area contributed by atoms with Crippen molar-refractivity contribution in [3.63, 3.8) is 0 Å². The van der Waals surface area contributed by atoms with Crippen molar-refractivity contribution in [2.75, 3.05) is 23.3 Å². The van der Waals surface area contributed by atoms with E-state index in [0.717, 1.165) is 25.2 Å². The van der Waals surface area contributed by atoms with Crippen LogP contribution in [0.3, 0.4) is 0 Å². The van der Waals surface area contributed by atoms with E-state index < -0.39 is 0 Å². The number of anilines is 3. The van der Waals surface area contributed by atoms with Gasteiger partial charge in [-0.15, -0.1) is 0 Å². The lowest BCUT2D eigenvalue weighted by Gasteiger charge is -2.29. The third kappa shape index (κ3) is 2.46. The Kier molecular flexibility index (Phi) is 3.56. The molecule has 0 bridgehead atoms. The molecule has 0 saturated carbocycles. The van der Waals surface area contributed by atoms with Crippen LogP contribution in [0, 0.1) is 11.3 Å². The van der Waals surface area contributed by atoms with Gasteiger partial charge in [-0.2, -0.15) is 5.26 Å². The number of nitrogens with zero attached hydrogens (tertiary/aromatic N) is 2. The summed E-state index contributed by atoms with van der Waals surface area (Å²) in [6.45, 7) is 2.03. The summed E-state index contributed by atoms with van der Waals surface area (Å²) < 4.78 is 0. The van der Waals surface area contributed by atoms with Gasteiger partial charge >= 0.3 is 0 Å². The Hall–Kier alpha value is -2.47. The van der Waals surface area contributed by atoms with Crippen molar-refractivity contribution in [2.45, 2.75) is 12.8 Å². The SMILES string of the molecule is N#Cc1ccc(N2CCCCNc3ccccc32)cc1. The van der Waals surface area contributed by atoms with E-state index in [4.69, 9.17) is 5.26 Å². The van der Waals surface area contributed by atoms with Crippen LogP contribution < -0.4 is 10.2 Å². The van der Waals surface area contributed by atoms with Crippen LogP contribution >= 0.6 is 0 Å². The topological polar surface area (TPSA) is 39.1 Å². The Labute approximate surface area is 119 Å². The quantitative estimate of drug-likeness (QED) is 0.848. The van der Waals surface area contributed by atoms with E-state index in [-0.39, 0.29) is 0 Å². The second-order valence-corrected chi connectivity index (χ2v) is 4.96. The zero-order valence-corrected chi connectivity index (χ0v) is 11.3. The van der Waals surface area contributed by atoms with Gasteiger partial charge < -0.3 is 10.2 Å². The summed E-state index contributed by atoms with van der Waals surface area (Å²) in [6, 6.07) is 18.4. The molecule has 100 valence electrons. The largest absolute Gasteiger partial charge is 0.383 e. The van der Waals surface area contributed by atoms with Gasteiger partial charge in [0.15, 0.2) is 0 Å². The fourth-order valence-electron chi connectivity index (χ4n) is 2.58. The molecule has 0 spiro atoms. The second kappa shape index (κ2) is 5.66. The van der Waals surface area contributed by atoms with Gasteiger partial charge in [0.25, 0.3) is 0 Å². The molecule has 3 rings (SSSR count). The minimum atomic E-state index is 0.701. The van der Waals surface area contributed by atoms with Crippen molar-refractivity contribution >= 4 is 17.1 Å². The summed E-state index contributed by atoms with van der Waals surface area (Å²) >= 11 is 0. The van der Waals surface area contributed by atoms with Gasteiger partial charge in [0, 0.05) is 18.8 Å². The molecule has 0 amide bonds. The predicted octanol–water partition coefficient (Wildman–Crippen LogP) is 3.90. The molecule has 0 aliphatic carbocycles. The molecule has 2 aromatic carbocycles. The highest BCUT2D eigenvalue weighted by Gasteiger charge is 2.14. The van der Waals surface area contributed by atoms with Crippen LogP contribution in [0.1, 0.15) is 18.4 Å². The maximum Gasteiger partial charge on any atom is 0.0991 e. The minimum absolute atomic E-state index is 0.701. The predicted molar refractivity (Wildman–Crippen MR) is 82.3 cm³/mol. The molecule has 1 heterocycles. The molecule has 3 nitrogen and oxygen atoms in total. The fraction of sp³-hybridized carbons (Fsp3) is 0.235. The smallest absolute Gasteiger partial charge is 0.0991 e. The van der Waals surface area contributed by atoms with Gasteiger partial charge in [0.1, 0.15) is 0 Å². The first-order chi connectivity index (χ1) is 9.88. The van der Waals surface area contributed by atoms with Crippen LogP contribution in [0.4, 0.5) is 17.1 Å². The minimum Gasteiger partial charge on any atom is -0.383 e. The zero-order valence-electron chi connectivity index (χ0n) is 11.3. The van der Waals surface area contributed by atoms with Crippen LogP contribution in [-0.4, -0.2) is 13.1 Å². The first kappa shape index (κ1) is 12.6. The van der Waals surface area contributed by atoms with E-state index in [9.17, 15) is 0 Å². The normalized spacial score (nSPS) is 14.4. The number of hydrogen-bond acceptors (Lipinski definition) is 3. The maximum absolute atomic E-state index is 8.91. The Bertz CT molecular complexity index is 625. The molecule has 3 heteroatoms. The average Bonchev–Trinajstić information content (AvgIpc) is 2.49. The van der Waals surface area contributed by atoms with Crippen LogP contribution in [0.15, 0.2) is 48.5 Å². The van der Waals surface area contributed by atoms with Gasteiger partial charge in [-0.25, -0.2) is 0 Å². The van der Waals surface area contributed by atoms with E-state index in [0.29, 0.717) is 5.56 Å². The number of fused-ring (bicyclic) bond motifs is 1. The number of nitriles is 1. The molecule has 2 aromatic rings. The molecule has 20 heavy (non-hydrogen) atoms. The number of hydrogen-bond donors (Lipinski definition) is 1. The van der Waals surface area contributed by atoms with Crippen molar-refractivity contribution in [1.82, 2.24) is 0 Å². The van der Waals surface area contributed by atoms with Crippen molar-refractivity contribution < 1.29 is 0 Å². The fourth-order valence-corrected chi connectivity index (χ4v) is 2.58. The first-order valence-electron chi connectivity index (χ1n) is 6.99. The summed E-state index contributed by atoms with van der Waals surface area (Å²) in [5.74, 6) is 0. The molecule has 0 unspecified atom stereocenters. The molecule has 1 aliphatic heterocycles. The first-order valence-corrected chi connectivity index (χ1v) is 6.99. The maximum atomic E-state index is 8.91. The lowest BCUT2D eigenvalue weighted by molar-refractivity contribution is 0.747. The lowest BCUT2D eigenvalue weighted by atomic mass is 10.1. The average molecular weight is 263 g/mol. The lowest BCUT2D eigenvalue weighted by Crippen LogP contribution is -2.23. The van der Waals surface area contributed by atoms with Gasteiger partial charge in [-0.3, -0.25) is 0 Å². The Morgan fingerprint density at radius 3 is 2.60 bits per heavy atom. The van der Waals surface area contributed by atoms with Crippen LogP contribution in [0.2, 0.25) is 0 Å². The van der Waals surface area contributed by atoms with Gasteiger partial charge in [-0.1, -0.05) is 12.1 Å². The van der Waals surface area contributed by atoms with Crippen LogP contribution in [-0.2, 0) is 0 Å². The summed E-state index contributed by atoms with van der Waals surface area (Å²) in [6.07, 6.45) is 2.32. The molecule has 1 aliphatic rings. The molecular formula is C17H17N3. The number of rotatable bonds is 1. The van der Waals surface area contributed by atoms with E-state index in [1.807, 2.05) is 24.3 Å². The van der Waals surface area contributed by atoms with Crippen LogP contribution in [0.25, 0.3) is 0 Å². The van der Waals surface area contributed by atoms with E-state index in [1.54, 1.807) is 0 Å². The zero-order chi connectivity index (χ0) is 13.8. The van der Waals surface area contributed by atoms with Gasteiger partial charge in [0.05, 0.1) is 23.0 Å². The third-order valence-electron chi connectivity index (χ3n) is 3.63. The standard InChI is InChI=1S/C17H17N3/c18-13-14-7-9-15(10-8-14)20-12-4-3-11-19-16-5-1-2-6-17(16)20/h1-2,5-10,19H,3-4,11-12H2. The Morgan fingerprint density at radius 1 is 1.00 bits per heavy atom. The molecule has 0 radical (unpaired) electrons. The van der Waals surface area contributed by atoms with Crippen molar-refractivity contribution in [2.24, 2.45) is 0 Å². The van der Waals surface area contributed by atoms with Gasteiger partial charge in [-0.05, 0) is 49.2 Å². The van der Waals surface area contributed by atoms with Crippen molar-refractivity contribution in [3.8, 4) is 6.07 Å². The Balaban J connectivity index is 2.01. The number of benzene rings is 2. The number of nitrogens with one attached hydrogen (secondary N) is 1. The highest BCUT2D eigenvalue weighted by atomic mass is 15.2. The molecule has 0 atom stereocenters. The Morgan fingerprint density at radius 2 is 1.80 bits per heavy atom. The van der Waals surface area contributed by atoms with Crippen molar-refractivity contribution in [3.05, 3.63) is 54.1 Å². The van der Waals surface area contributed by atoms with Crippen molar-refractivity contribution in [1.29, 1.82) is 5.26 Å². The molecule has 0 aromatic heterocycles. The highest BCUT2D eigenvalue weighted by molar-refractivity contribution is 5.76. The van der Waals surface area contributed by atoms with Crippen LogP contribution in [0.5, 0.6) is 0 Å². The third-order valence-corrected chi connectivity index (χ3v) is 3.63. The molecule has 0 fully saturated rings. The molecule has 1 N–H and O–H groups in total. The van der Waals surface area contributed by atoms with E-state index in [2.05, 4.69) is 40.6 Å². The number of para-hydroxylation sites is 2. The van der Waals surface area contributed by atoms with Gasteiger partial charge in [0.2, 0.25) is 0 Å². The highest BCUT2D eigenvalue weighted by Crippen LogP contribution is 2.33. The summed E-state index contributed by atoms with van der Waals surface area (Å²) in [5.41, 5.74) is 4.22. The monoisotopic (exact) mass is 263 g/mol. The molecule has 0 saturated heterocycles. The summed E-state index contributed by atoms with van der Waals surface area (Å²) in [7, 11) is 0.